The maximum Gasteiger partial charge on any atom is 0.319 e. The molecule has 3 N–H and O–H groups in total. The molecule has 1 aliphatic rings. The van der Waals surface area contributed by atoms with Crippen molar-refractivity contribution in [2.45, 2.75) is 19.0 Å². The molecule has 1 aliphatic heterocycles. The summed E-state index contributed by atoms with van der Waals surface area (Å²) in [4.78, 5) is 25.8. The van der Waals surface area contributed by atoms with Crippen LogP contribution in [0.15, 0.2) is 48.5 Å². The van der Waals surface area contributed by atoms with Crippen molar-refractivity contribution in [3.63, 3.8) is 0 Å². The second kappa shape index (κ2) is 8.48. The number of hydrogen-bond donors (Lipinski definition) is 3. The van der Waals surface area contributed by atoms with E-state index in [0.29, 0.717) is 31.7 Å². The molecule has 1 atom stereocenters. The highest BCUT2D eigenvalue weighted by atomic mass is 19.1. The highest BCUT2D eigenvalue weighted by Gasteiger charge is 2.27. The summed E-state index contributed by atoms with van der Waals surface area (Å²) in [6.07, 6.45) is 0.640. The summed E-state index contributed by atoms with van der Waals surface area (Å²) in [6, 6.07) is 10.6. The van der Waals surface area contributed by atoms with E-state index in [1.165, 1.54) is 36.4 Å². The highest BCUT2D eigenvalue weighted by molar-refractivity contribution is 5.89. The molecule has 0 aromatic heterocycles. The van der Waals surface area contributed by atoms with Crippen LogP contribution in [-0.2, 0) is 6.54 Å². The molecular weight excluding hydrogens is 354 g/mol. The predicted octanol–water partition coefficient (Wildman–Crippen LogP) is 3.07. The number of nitrogens with one attached hydrogen (secondary N) is 3. The van der Waals surface area contributed by atoms with Gasteiger partial charge in [0.2, 0.25) is 0 Å². The lowest BCUT2D eigenvalue weighted by Gasteiger charge is -2.18. The van der Waals surface area contributed by atoms with E-state index in [1.807, 2.05) is 0 Å². The lowest BCUT2D eigenvalue weighted by atomic mass is 10.2. The Labute approximate surface area is 155 Å². The quantitative estimate of drug-likeness (QED) is 0.770. The number of benzene rings is 2. The van der Waals surface area contributed by atoms with Crippen LogP contribution >= 0.6 is 0 Å². The van der Waals surface area contributed by atoms with Crippen molar-refractivity contribution in [1.82, 2.24) is 15.5 Å². The maximum absolute atomic E-state index is 12.9. The smallest absolute Gasteiger partial charge is 0.319 e. The van der Waals surface area contributed by atoms with Crippen molar-refractivity contribution in [2.24, 2.45) is 0 Å². The van der Waals surface area contributed by atoms with Gasteiger partial charge in [0.1, 0.15) is 11.6 Å². The molecule has 4 amide bonds. The number of anilines is 1. The van der Waals surface area contributed by atoms with Crippen LogP contribution in [0.25, 0.3) is 0 Å². The van der Waals surface area contributed by atoms with E-state index in [9.17, 15) is 18.4 Å². The predicted molar refractivity (Wildman–Crippen MR) is 97.2 cm³/mol. The number of carbonyl (C=O) groups is 2. The summed E-state index contributed by atoms with van der Waals surface area (Å²) in [5.74, 6) is -0.698. The molecule has 0 unspecified atom stereocenters. The molecule has 8 heteroatoms. The van der Waals surface area contributed by atoms with Crippen molar-refractivity contribution in [3.05, 3.63) is 65.7 Å². The van der Waals surface area contributed by atoms with Gasteiger partial charge in [-0.15, -0.1) is 0 Å². The molecule has 2 aromatic rings. The summed E-state index contributed by atoms with van der Waals surface area (Å²) in [5.41, 5.74) is 1.29. The Kier molecular flexibility index (Phi) is 5.85. The van der Waals surface area contributed by atoms with Crippen LogP contribution in [0.1, 0.15) is 12.0 Å². The van der Waals surface area contributed by atoms with E-state index < -0.39 is 6.03 Å². The minimum atomic E-state index is -0.403. The van der Waals surface area contributed by atoms with Gasteiger partial charge >= 0.3 is 12.1 Å². The Hall–Kier alpha value is -3.16. The Bertz CT molecular complexity index is 796. The number of hydrogen-bond acceptors (Lipinski definition) is 2. The summed E-state index contributed by atoms with van der Waals surface area (Å²) < 4.78 is 25.8. The third kappa shape index (κ3) is 5.40. The molecule has 0 radical (unpaired) electrons. The monoisotopic (exact) mass is 374 g/mol. The Morgan fingerprint density at radius 2 is 1.63 bits per heavy atom. The van der Waals surface area contributed by atoms with Crippen molar-refractivity contribution in [2.75, 3.05) is 18.4 Å². The number of rotatable bonds is 4. The standard InChI is InChI=1S/C19H20F2N4O2/c20-14-3-1-13(2-4-14)11-22-19(27)25-10-9-17(12-25)24-18(26)23-16-7-5-15(21)6-8-16/h1-8,17H,9-12H2,(H,22,27)(H2,23,24,26)/t17-/m0/s1. The third-order valence-electron chi connectivity index (χ3n) is 4.27. The lowest BCUT2D eigenvalue weighted by Crippen LogP contribution is -2.43. The van der Waals surface area contributed by atoms with Crippen molar-refractivity contribution < 1.29 is 18.4 Å². The van der Waals surface area contributed by atoms with E-state index in [0.717, 1.165) is 5.56 Å². The summed E-state index contributed by atoms with van der Waals surface area (Å²) in [7, 11) is 0. The molecule has 2 aromatic carbocycles. The molecule has 0 saturated carbocycles. The second-order valence-electron chi connectivity index (χ2n) is 6.32. The molecule has 1 heterocycles. The van der Waals surface area contributed by atoms with Crippen molar-refractivity contribution in [1.29, 1.82) is 0 Å². The first-order valence-corrected chi connectivity index (χ1v) is 8.60. The number of halogens is 2. The number of likely N-dealkylation sites (tertiary alicyclic amines) is 1. The van der Waals surface area contributed by atoms with Gasteiger partial charge in [-0.2, -0.15) is 0 Å². The van der Waals surface area contributed by atoms with Crippen LogP contribution in [0.2, 0.25) is 0 Å². The molecule has 142 valence electrons. The number of urea groups is 2. The normalized spacial score (nSPS) is 16.1. The molecule has 27 heavy (non-hydrogen) atoms. The minimum Gasteiger partial charge on any atom is -0.334 e. The van der Waals surface area contributed by atoms with Crippen LogP contribution in [0.3, 0.4) is 0 Å². The number of nitrogens with zero attached hydrogens (tertiary/aromatic N) is 1. The van der Waals surface area contributed by atoms with E-state index in [-0.39, 0.29) is 23.7 Å². The summed E-state index contributed by atoms with van der Waals surface area (Å²) in [6.45, 7) is 1.22. The zero-order chi connectivity index (χ0) is 19.2. The lowest BCUT2D eigenvalue weighted by molar-refractivity contribution is 0.207. The first-order chi connectivity index (χ1) is 13.0. The molecule has 1 saturated heterocycles. The van der Waals surface area contributed by atoms with E-state index >= 15 is 0 Å². The molecule has 6 nitrogen and oxygen atoms in total. The van der Waals surface area contributed by atoms with Gasteiger partial charge in [-0.3, -0.25) is 0 Å². The first-order valence-electron chi connectivity index (χ1n) is 8.60. The van der Waals surface area contributed by atoms with Crippen LogP contribution in [-0.4, -0.2) is 36.1 Å². The fourth-order valence-corrected chi connectivity index (χ4v) is 2.84. The number of carbonyl (C=O) groups excluding carboxylic acids is 2. The van der Waals surface area contributed by atoms with Crippen molar-refractivity contribution >= 4 is 17.7 Å². The Morgan fingerprint density at radius 3 is 2.30 bits per heavy atom. The highest BCUT2D eigenvalue weighted by Crippen LogP contribution is 2.12. The zero-order valence-corrected chi connectivity index (χ0v) is 14.5. The topological polar surface area (TPSA) is 73.5 Å². The van der Waals surface area contributed by atoms with E-state index in [4.69, 9.17) is 0 Å². The molecular formula is C19H20F2N4O2. The summed E-state index contributed by atoms with van der Waals surface area (Å²) in [5, 5.41) is 8.20. The molecule has 0 bridgehead atoms. The maximum atomic E-state index is 12.9. The van der Waals surface area contributed by atoms with Crippen molar-refractivity contribution in [3.8, 4) is 0 Å². The van der Waals surface area contributed by atoms with Crippen LogP contribution in [0.5, 0.6) is 0 Å². The molecule has 0 aliphatic carbocycles. The van der Waals surface area contributed by atoms with Crippen LogP contribution in [0.4, 0.5) is 24.1 Å². The average molecular weight is 374 g/mol. The third-order valence-corrected chi connectivity index (χ3v) is 4.27. The SMILES string of the molecule is O=C(Nc1ccc(F)cc1)N[C@H]1CCN(C(=O)NCc2ccc(F)cc2)C1. The van der Waals surface area contributed by atoms with Gasteiger partial charge < -0.3 is 20.9 Å². The van der Waals surface area contributed by atoms with Gasteiger partial charge in [0, 0.05) is 31.4 Å². The van der Waals surface area contributed by atoms with Crippen LogP contribution < -0.4 is 16.0 Å². The van der Waals surface area contributed by atoms with Gasteiger partial charge in [0.15, 0.2) is 0 Å². The molecule has 0 spiro atoms. The Balaban J connectivity index is 1.42. The minimum absolute atomic E-state index is 0.165. The van der Waals surface area contributed by atoms with Gasteiger partial charge in [0.25, 0.3) is 0 Å². The molecule has 3 rings (SSSR count). The van der Waals surface area contributed by atoms with Gasteiger partial charge in [0.05, 0.1) is 0 Å². The fourth-order valence-electron chi connectivity index (χ4n) is 2.84. The van der Waals surface area contributed by atoms with Gasteiger partial charge in [-0.1, -0.05) is 12.1 Å². The van der Waals surface area contributed by atoms with E-state index in [2.05, 4.69) is 16.0 Å². The average Bonchev–Trinajstić information content (AvgIpc) is 3.11. The summed E-state index contributed by atoms with van der Waals surface area (Å²) >= 11 is 0. The zero-order valence-electron chi connectivity index (χ0n) is 14.5. The van der Waals surface area contributed by atoms with Crippen LogP contribution in [0, 0.1) is 11.6 Å². The fraction of sp³-hybridized carbons (Fsp3) is 0.263. The first kappa shape index (κ1) is 18.6. The van der Waals surface area contributed by atoms with E-state index in [1.54, 1.807) is 17.0 Å². The van der Waals surface area contributed by atoms with Gasteiger partial charge in [-0.05, 0) is 48.4 Å². The largest absolute Gasteiger partial charge is 0.334 e. The molecule has 1 fully saturated rings. The second-order valence-corrected chi connectivity index (χ2v) is 6.32. The Morgan fingerprint density at radius 1 is 1.00 bits per heavy atom. The number of amides is 4. The van der Waals surface area contributed by atoms with Gasteiger partial charge in [-0.25, -0.2) is 18.4 Å².